The molecule has 0 aromatic heterocycles. The molecule has 150 valence electrons. The lowest BCUT2D eigenvalue weighted by molar-refractivity contribution is -0.122. The zero-order valence-electron chi connectivity index (χ0n) is 16.4. The van der Waals surface area contributed by atoms with E-state index in [1.165, 1.54) is 5.06 Å². The minimum Gasteiger partial charge on any atom is -0.308 e. The molecular formula is C21H26NO5P. The predicted octanol–water partition coefficient (Wildman–Crippen LogP) is 4.49. The van der Waals surface area contributed by atoms with Crippen LogP contribution in [0.4, 0.5) is 0 Å². The molecule has 0 saturated carbocycles. The van der Waals surface area contributed by atoms with Crippen LogP contribution in [0.25, 0.3) is 0 Å². The minimum absolute atomic E-state index is 0.164. The average molecular weight is 403 g/mol. The Bertz CT molecular complexity index is 819. The molecule has 0 aliphatic carbocycles. The van der Waals surface area contributed by atoms with Gasteiger partial charge in [-0.15, -0.1) is 0 Å². The van der Waals surface area contributed by atoms with Gasteiger partial charge in [0.1, 0.15) is 5.78 Å². The van der Waals surface area contributed by atoms with E-state index >= 15 is 0 Å². The molecule has 0 radical (unpaired) electrons. The fourth-order valence-electron chi connectivity index (χ4n) is 3.64. The molecule has 7 heteroatoms. The molecular weight excluding hydrogens is 377 g/mol. The summed E-state index contributed by atoms with van der Waals surface area (Å²) in [6, 6.07) is 18.5. The molecule has 0 spiro atoms. The fraction of sp³-hybridized carbons (Fsp3) is 0.381. The van der Waals surface area contributed by atoms with Crippen molar-refractivity contribution >= 4 is 13.4 Å². The third-order valence-corrected chi connectivity index (χ3v) is 7.27. The highest BCUT2D eigenvalue weighted by Gasteiger charge is 2.55. The quantitative estimate of drug-likeness (QED) is 0.478. The van der Waals surface area contributed by atoms with Crippen molar-refractivity contribution in [2.24, 2.45) is 0 Å². The number of ketones is 1. The van der Waals surface area contributed by atoms with Crippen LogP contribution in [0.2, 0.25) is 0 Å². The van der Waals surface area contributed by atoms with E-state index in [0.29, 0.717) is 5.56 Å². The van der Waals surface area contributed by atoms with Gasteiger partial charge in [-0.3, -0.25) is 14.2 Å². The summed E-state index contributed by atoms with van der Waals surface area (Å²) < 4.78 is 24.9. The normalized spacial score (nSPS) is 23.0. The lowest BCUT2D eigenvalue weighted by Gasteiger charge is -2.30. The number of Topliss-reactive ketones (excluding diaryl/α,β-unsaturated/α-hetero) is 1. The SMILES string of the molecule is CCOP(=O)(OCC)[C@@H]1[C@@H](c2ccccc2)[C@H](C(=O)c2ccccc2)ON1C. The summed E-state index contributed by atoms with van der Waals surface area (Å²) in [5.74, 6) is -1.39. The Balaban J connectivity index is 2.06. The number of likely N-dealkylation sites (N-methyl/N-ethyl adjacent to an activating group) is 1. The lowest BCUT2D eigenvalue weighted by Crippen LogP contribution is -2.31. The Labute approximate surface area is 165 Å². The molecule has 28 heavy (non-hydrogen) atoms. The van der Waals surface area contributed by atoms with Crippen LogP contribution >= 0.6 is 7.60 Å². The summed E-state index contributed by atoms with van der Waals surface area (Å²) in [7, 11) is -1.89. The molecule has 1 heterocycles. The molecule has 2 aromatic carbocycles. The van der Waals surface area contributed by atoms with Crippen molar-refractivity contribution in [1.29, 1.82) is 0 Å². The first-order valence-electron chi connectivity index (χ1n) is 9.44. The minimum atomic E-state index is -3.56. The first kappa shape index (κ1) is 20.9. The molecule has 0 unspecified atom stereocenters. The van der Waals surface area contributed by atoms with Gasteiger partial charge in [0.25, 0.3) is 0 Å². The first-order valence-corrected chi connectivity index (χ1v) is 11.1. The molecule has 0 amide bonds. The van der Waals surface area contributed by atoms with Gasteiger partial charge < -0.3 is 9.05 Å². The standard InChI is InChI=1S/C21H26NO5P/c1-4-25-28(24,26-5-2)21-18(16-12-8-6-9-13-16)20(27-22(21)3)19(23)17-14-10-7-11-15-17/h6-15,18,20-21H,4-5H2,1-3H3/t18-,20+,21+/m0/s1. The Morgan fingerprint density at radius 1 is 1.00 bits per heavy atom. The zero-order chi connectivity index (χ0) is 20.1. The lowest BCUT2D eigenvalue weighted by atomic mass is 9.89. The second-order valence-corrected chi connectivity index (χ2v) is 8.65. The molecule has 1 aliphatic rings. The number of benzene rings is 2. The number of rotatable bonds is 8. The maximum absolute atomic E-state index is 13.6. The fourth-order valence-corrected chi connectivity index (χ4v) is 5.91. The van der Waals surface area contributed by atoms with E-state index in [2.05, 4.69) is 0 Å². The van der Waals surface area contributed by atoms with Crippen LogP contribution in [0, 0.1) is 0 Å². The van der Waals surface area contributed by atoms with Crippen molar-refractivity contribution in [1.82, 2.24) is 5.06 Å². The highest BCUT2D eigenvalue weighted by atomic mass is 31.2. The van der Waals surface area contributed by atoms with Gasteiger partial charge in [0, 0.05) is 18.5 Å². The molecule has 6 nitrogen and oxygen atoms in total. The topological polar surface area (TPSA) is 65.1 Å². The van der Waals surface area contributed by atoms with E-state index < -0.39 is 25.4 Å². The van der Waals surface area contributed by atoms with Gasteiger partial charge in [-0.05, 0) is 19.4 Å². The molecule has 1 aliphatic heterocycles. The molecule has 0 N–H and O–H groups in total. The Hall–Kier alpha value is -1.82. The third-order valence-electron chi connectivity index (χ3n) is 4.74. The molecule has 0 bridgehead atoms. The Morgan fingerprint density at radius 3 is 2.07 bits per heavy atom. The number of hydroxylamine groups is 2. The van der Waals surface area contributed by atoms with Gasteiger partial charge in [0.05, 0.1) is 13.2 Å². The van der Waals surface area contributed by atoms with Crippen LogP contribution in [0.3, 0.4) is 0 Å². The van der Waals surface area contributed by atoms with Gasteiger partial charge >= 0.3 is 7.60 Å². The molecule has 1 saturated heterocycles. The number of carbonyl (C=O) groups is 1. The van der Waals surface area contributed by atoms with Crippen molar-refractivity contribution in [3.05, 3.63) is 71.8 Å². The van der Waals surface area contributed by atoms with E-state index in [0.717, 1.165) is 5.56 Å². The highest BCUT2D eigenvalue weighted by molar-refractivity contribution is 7.54. The van der Waals surface area contributed by atoms with E-state index in [4.69, 9.17) is 13.9 Å². The van der Waals surface area contributed by atoms with E-state index in [-0.39, 0.29) is 19.0 Å². The van der Waals surface area contributed by atoms with E-state index in [1.54, 1.807) is 33.0 Å². The second kappa shape index (κ2) is 9.12. The number of hydrogen-bond acceptors (Lipinski definition) is 6. The maximum Gasteiger partial charge on any atom is 0.350 e. The molecule has 2 aromatic rings. The Kier molecular flexibility index (Phi) is 6.81. The number of nitrogens with zero attached hydrogens (tertiary/aromatic N) is 1. The van der Waals surface area contributed by atoms with Crippen LogP contribution in [0.15, 0.2) is 60.7 Å². The smallest absolute Gasteiger partial charge is 0.308 e. The average Bonchev–Trinajstić information content (AvgIpc) is 3.07. The highest BCUT2D eigenvalue weighted by Crippen LogP contribution is 2.61. The van der Waals surface area contributed by atoms with E-state index in [9.17, 15) is 9.36 Å². The molecule has 1 fully saturated rings. The van der Waals surface area contributed by atoms with Crippen molar-refractivity contribution < 1.29 is 23.2 Å². The van der Waals surface area contributed by atoms with Crippen LogP contribution in [-0.4, -0.2) is 43.0 Å². The molecule has 3 rings (SSSR count). The van der Waals surface area contributed by atoms with Crippen molar-refractivity contribution in [2.75, 3.05) is 20.3 Å². The van der Waals surface area contributed by atoms with Crippen molar-refractivity contribution in [2.45, 2.75) is 31.7 Å². The van der Waals surface area contributed by atoms with Gasteiger partial charge in [-0.25, -0.2) is 0 Å². The van der Waals surface area contributed by atoms with Crippen molar-refractivity contribution in [3.63, 3.8) is 0 Å². The summed E-state index contributed by atoms with van der Waals surface area (Å²) in [6.45, 7) is 4.01. The van der Waals surface area contributed by atoms with Crippen LogP contribution < -0.4 is 0 Å². The van der Waals surface area contributed by atoms with Gasteiger partial charge in [0.15, 0.2) is 11.9 Å². The largest absolute Gasteiger partial charge is 0.350 e. The zero-order valence-corrected chi connectivity index (χ0v) is 17.2. The van der Waals surface area contributed by atoms with Crippen LogP contribution in [0.1, 0.15) is 35.7 Å². The van der Waals surface area contributed by atoms with Gasteiger partial charge in [-0.1, -0.05) is 60.7 Å². The van der Waals surface area contributed by atoms with E-state index in [1.807, 2.05) is 48.5 Å². The van der Waals surface area contributed by atoms with Gasteiger partial charge in [-0.2, -0.15) is 5.06 Å². The summed E-state index contributed by atoms with van der Waals surface area (Å²) in [6.07, 6.45) is -0.825. The summed E-state index contributed by atoms with van der Waals surface area (Å²) in [5.41, 5.74) is 1.40. The summed E-state index contributed by atoms with van der Waals surface area (Å²) in [4.78, 5) is 19.2. The van der Waals surface area contributed by atoms with Crippen LogP contribution in [0.5, 0.6) is 0 Å². The number of hydrogen-bond donors (Lipinski definition) is 0. The van der Waals surface area contributed by atoms with Crippen LogP contribution in [-0.2, 0) is 18.5 Å². The maximum atomic E-state index is 13.6. The first-order chi connectivity index (χ1) is 13.5. The molecule has 3 atom stereocenters. The van der Waals surface area contributed by atoms with Crippen molar-refractivity contribution in [3.8, 4) is 0 Å². The predicted molar refractivity (Wildman–Crippen MR) is 107 cm³/mol. The van der Waals surface area contributed by atoms with Gasteiger partial charge in [0.2, 0.25) is 0 Å². The summed E-state index contributed by atoms with van der Waals surface area (Å²) >= 11 is 0. The third kappa shape index (κ3) is 4.12. The second-order valence-electron chi connectivity index (χ2n) is 6.53. The monoisotopic (exact) mass is 403 g/mol. The number of carbonyl (C=O) groups excluding carboxylic acids is 1. The Morgan fingerprint density at radius 2 is 1.54 bits per heavy atom. The summed E-state index contributed by atoms with van der Waals surface area (Å²) in [5, 5.41) is 1.47.